The molecule has 0 aliphatic heterocycles. The van der Waals surface area contributed by atoms with Crippen molar-refractivity contribution in [2.75, 3.05) is 0 Å². The lowest BCUT2D eigenvalue weighted by atomic mass is 10.0. The van der Waals surface area contributed by atoms with Crippen molar-refractivity contribution in [3.05, 3.63) is 29.6 Å². The number of nitrogens with zero attached hydrogens (tertiary/aromatic N) is 1. The first-order chi connectivity index (χ1) is 6.20. The van der Waals surface area contributed by atoms with Gasteiger partial charge in [-0.3, -0.25) is 4.98 Å². The zero-order valence-electron chi connectivity index (χ0n) is 8.09. The van der Waals surface area contributed by atoms with Gasteiger partial charge in [-0.2, -0.15) is 0 Å². The van der Waals surface area contributed by atoms with Crippen molar-refractivity contribution in [2.45, 2.75) is 38.1 Å². The van der Waals surface area contributed by atoms with E-state index in [0.717, 1.165) is 12.8 Å². The molecule has 1 heterocycles. The highest BCUT2D eigenvalue weighted by atomic mass is 14.8. The molecule has 1 aromatic heterocycles. The number of aromatic nitrogens is 1. The van der Waals surface area contributed by atoms with E-state index in [0.29, 0.717) is 0 Å². The number of aryl methyl sites for hydroxylation is 2. The lowest BCUT2D eigenvalue weighted by molar-refractivity contribution is 0.608. The Morgan fingerprint density at radius 2 is 2.31 bits per heavy atom. The van der Waals surface area contributed by atoms with Gasteiger partial charge >= 0.3 is 0 Å². The van der Waals surface area contributed by atoms with E-state index in [4.69, 9.17) is 5.73 Å². The zero-order valence-corrected chi connectivity index (χ0v) is 8.09. The van der Waals surface area contributed by atoms with Crippen LogP contribution < -0.4 is 5.73 Å². The van der Waals surface area contributed by atoms with Crippen molar-refractivity contribution < 1.29 is 0 Å². The van der Waals surface area contributed by atoms with Gasteiger partial charge in [-0.1, -0.05) is 0 Å². The predicted molar refractivity (Wildman–Crippen MR) is 53.4 cm³/mol. The first-order valence-electron chi connectivity index (χ1n) is 4.88. The molecule has 70 valence electrons. The van der Waals surface area contributed by atoms with E-state index >= 15 is 0 Å². The highest BCUT2D eigenvalue weighted by Crippen LogP contribution is 2.36. The monoisotopic (exact) mass is 176 g/mol. The second-order valence-corrected chi connectivity index (χ2v) is 4.16. The third-order valence-electron chi connectivity index (χ3n) is 2.92. The highest BCUT2D eigenvalue weighted by Gasteiger charge is 2.37. The van der Waals surface area contributed by atoms with Crippen LogP contribution in [0.2, 0.25) is 0 Å². The molecule has 0 unspecified atom stereocenters. The van der Waals surface area contributed by atoms with E-state index in [1.165, 1.54) is 24.0 Å². The fraction of sp³-hybridized carbons (Fsp3) is 0.545. The number of hydrogen-bond acceptors (Lipinski definition) is 2. The lowest BCUT2D eigenvalue weighted by Gasteiger charge is -2.09. The van der Waals surface area contributed by atoms with Gasteiger partial charge in [0.05, 0.1) is 0 Å². The van der Waals surface area contributed by atoms with Crippen LogP contribution in [0, 0.1) is 6.92 Å². The van der Waals surface area contributed by atoms with Crippen LogP contribution in [-0.4, -0.2) is 10.5 Å². The largest absolute Gasteiger partial charge is 0.325 e. The van der Waals surface area contributed by atoms with E-state index in [1.807, 2.05) is 12.4 Å². The minimum absolute atomic E-state index is 0.176. The maximum Gasteiger partial charge on any atom is 0.0299 e. The van der Waals surface area contributed by atoms with Crippen LogP contribution in [-0.2, 0) is 6.42 Å². The van der Waals surface area contributed by atoms with Crippen LogP contribution in [0.25, 0.3) is 0 Å². The number of nitrogens with two attached hydrogens (primary N) is 1. The minimum atomic E-state index is 0.176. The molecule has 2 rings (SSSR count). The van der Waals surface area contributed by atoms with Gasteiger partial charge in [-0.15, -0.1) is 0 Å². The van der Waals surface area contributed by atoms with Gasteiger partial charge < -0.3 is 5.73 Å². The smallest absolute Gasteiger partial charge is 0.0299 e. The van der Waals surface area contributed by atoms with Crippen molar-refractivity contribution in [3.8, 4) is 0 Å². The molecule has 0 saturated heterocycles. The second-order valence-electron chi connectivity index (χ2n) is 4.16. The first kappa shape index (κ1) is 8.70. The Hall–Kier alpha value is -0.890. The van der Waals surface area contributed by atoms with Gasteiger partial charge in [-0.25, -0.2) is 0 Å². The first-order valence-corrected chi connectivity index (χ1v) is 4.88. The third kappa shape index (κ3) is 2.07. The van der Waals surface area contributed by atoms with Crippen molar-refractivity contribution in [1.29, 1.82) is 0 Å². The molecule has 13 heavy (non-hydrogen) atoms. The van der Waals surface area contributed by atoms with E-state index in [1.54, 1.807) is 0 Å². The fourth-order valence-electron chi connectivity index (χ4n) is 1.58. The summed E-state index contributed by atoms with van der Waals surface area (Å²) in [5, 5.41) is 0. The highest BCUT2D eigenvalue weighted by molar-refractivity contribution is 5.22. The normalized spacial score (nSPS) is 18.6. The summed E-state index contributed by atoms with van der Waals surface area (Å²) in [4.78, 5) is 4.07. The maximum absolute atomic E-state index is 6.03. The molecular formula is C11H16N2. The van der Waals surface area contributed by atoms with E-state index in [-0.39, 0.29) is 5.54 Å². The van der Waals surface area contributed by atoms with Crippen LogP contribution in [0.15, 0.2) is 18.5 Å². The molecule has 1 fully saturated rings. The Morgan fingerprint density at radius 3 is 2.92 bits per heavy atom. The molecule has 0 aromatic carbocycles. The number of hydrogen-bond donors (Lipinski definition) is 1. The molecule has 0 radical (unpaired) electrons. The Balaban J connectivity index is 1.97. The lowest BCUT2D eigenvalue weighted by Crippen LogP contribution is -2.22. The average molecular weight is 176 g/mol. The molecular weight excluding hydrogens is 160 g/mol. The third-order valence-corrected chi connectivity index (χ3v) is 2.92. The van der Waals surface area contributed by atoms with Crippen molar-refractivity contribution in [2.24, 2.45) is 5.73 Å². The van der Waals surface area contributed by atoms with Crippen LogP contribution >= 0.6 is 0 Å². The standard InChI is InChI=1S/C11H16N2/c1-9-8-13-7-3-10(9)2-4-11(12)5-6-11/h3,7-8H,2,4-6,12H2,1H3. The average Bonchev–Trinajstić information content (AvgIpc) is 2.83. The molecule has 2 heteroatoms. The summed E-state index contributed by atoms with van der Waals surface area (Å²) in [6, 6.07) is 2.10. The zero-order chi connectivity index (χ0) is 9.31. The van der Waals surface area contributed by atoms with Gasteiger partial charge in [0.2, 0.25) is 0 Å². The van der Waals surface area contributed by atoms with E-state index < -0.39 is 0 Å². The minimum Gasteiger partial charge on any atom is -0.325 e. The van der Waals surface area contributed by atoms with Gasteiger partial charge in [0.1, 0.15) is 0 Å². The summed E-state index contributed by atoms with van der Waals surface area (Å²) in [7, 11) is 0. The summed E-state index contributed by atoms with van der Waals surface area (Å²) < 4.78 is 0. The van der Waals surface area contributed by atoms with Crippen LogP contribution in [0.1, 0.15) is 30.4 Å². The Morgan fingerprint density at radius 1 is 1.54 bits per heavy atom. The second kappa shape index (κ2) is 3.11. The van der Waals surface area contributed by atoms with Gasteiger partial charge in [0, 0.05) is 17.9 Å². The van der Waals surface area contributed by atoms with Gasteiger partial charge in [0.15, 0.2) is 0 Å². The van der Waals surface area contributed by atoms with Gasteiger partial charge in [-0.05, 0) is 49.8 Å². The SMILES string of the molecule is Cc1cnccc1CCC1(N)CC1. The fourth-order valence-corrected chi connectivity index (χ4v) is 1.58. The number of pyridine rings is 1. The molecule has 2 nitrogen and oxygen atoms in total. The molecule has 1 aliphatic rings. The molecule has 1 saturated carbocycles. The van der Waals surface area contributed by atoms with Crippen LogP contribution in [0.5, 0.6) is 0 Å². The molecule has 0 spiro atoms. The summed E-state index contributed by atoms with van der Waals surface area (Å²) in [5.41, 5.74) is 8.88. The molecule has 0 amide bonds. The molecule has 2 N–H and O–H groups in total. The predicted octanol–water partition coefficient (Wildman–Crippen LogP) is 1.81. The van der Waals surface area contributed by atoms with Crippen LogP contribution in [0.3, 0.4) is 0 Å². The summed E-state index contributed by atoms with van der Waals surface area (Å²) in [6.45, 7) is 2.11. The Labute approximate surface area is 79.2 Å². The van der Waals surface area contributed by atoms with E-state index in [9.17, 15) is 0 Å². The van der Waals surface area contributed by atoms with Gasteiger partial charge in [0.25, 0.3) is 0 Å². The molecule has 0 atom stereocenters. The maximum atomic E-state index is 6.03. The Bertz CT molecular complexity index is 303. The molecule has 1 aromatic rings. The summed E-state index contributed by atoms with van der Waals surface area (Å²) in [5.74, 6) is 0. The van der Waals surface area contributed by atoms with E-state index in [2.05, 4.69) is 18.0 Å². The van der Waals surface area contributed by atoms with Crippen molar-refractivity contribution in [1.82, 2.24) is 4.98 Å². The molecule has 0 bridgehead atoms. The topological polar surface area (TPSA) is 38.9 Å². The summed E-state index contributed by atoms with van der Waals surface area (Å²) >= 11 is 0. The molecule has 1 aliphatic carbocycles. The quantitative estimate of drug-likeness (QED) is 0.763. The van der Waals surface area contributed by atoms with Crippen molar-refractivity contribution in [3.63, 3.8) is 0 Å². The van der Waals surface area contributed by atoms with Crippen molar-refractivity contribution >= 4 is 0 Å². The van der Waals surface area contributed by atoms with Crippen LogP contribution in [0.4, 0.5) is 0 Å². The summed E-state index contributed by atoms with van der Waals surface area (Å²) in [6.07, 6.45) is 8.42. The number of rotatable bonds is 3. The Kier molecular flexibility index (Phi) is 2.08.